The van der Waals surface area contributed by atoms with Crippen molar-refractivity contribution in [2.45, 2.75) is 19.4 Å². The van der Waals surface area contributed by atoms with Crippen molar-refractivity contribution in [2.24, 2.45) is 0 Å². The van der Waals surface area contributed by atoms with Gasteiger partial charge in [0.15, 0.2) is 0 Å². The van der Waals surface area contributed by atoms with E-state index in [4.69, 9.17) is 27.9 Å². The zero-order valence-corrected chi connectivity index (χ0v) is 20.0. The molecule has 9 heteroatoms. The van der Waals surface area contributed by atoms with Gasteiger partial charge in [0.05, 0.1) is 23.5 Å². The van der Waals surface area contributed by atoms with Crippen molar-refractivity contribution in [2.75, 3.05) is 23.7 Å². The molecular formula is C23H24Cl2N2O4S. The van der Waals surface area contributed by atoms with Crippen molar-refractivity contribution >= 4 is 55.6 Å². The molecule has 0 fully saturated rings. The Morgan fingerprint density at radius 2 is 1.78 bits per heavy atom. The summed E-state index contributed by atoms with van der Waals surface area (Å²) in [6, 6.07) is 17.2. The fourth-order valence-electron chi connectivity index (χ4n) is 3.41. The zero-order valence-electron chi connectivity index (χ0n) is 17.7. The molecule has 0 heterocycles. The predicted octanol–water partition coefficient (Wildman–Crippen LogP) is 4.89. The van der Waals surface area contributed by atoms with Crippen LogP contribution in [0.3, 0.4) is 0 Å². The standard InChI is InChI=1S/C23H24Cl2N2O4S/c1-3-21(27(32(2,29)30)22-15-18(24)9-11-20(22)25)23(28)26-12-13-31-19-10-8-16-6-4-5-7-17(16)14-19/h4-11,14-15,21H,3,12-13H2,1-2H3,(H,26,28)/t21-/m0/s1. The number of carbonyl (C=O) groups excluding carboxylic acids is 1. The molecule has 1 amide bonds. The van der Waals surface area contributed by atoms with Crippen LogP contribution in [0.4, 0.5) is 5.69 Å². The second-order valence-electron chi connectivity index (χ2n) is 7.23. The number of fused-ring (bicyclic) bond motifs is 1. The summed E-state index contributed by atoms with van der Waals surface area (Å²) in [5.41, 5.74) is 0.163. The second kappa shape index (κ2) is 10.4. The molecule has 0 bridgehead atoms. The topological polar surface area (TPSA) is 75.7 Å². The van der Waals surface area contributed by atoms with E-state index in [1.807, 2.05) is 42.5 Å². The van der Waals surface area contributed by atoms with Crippen LogP contribution in [0, 0.1) is 0 Å². The van der Waals surface area contributed by atoms with Gasteiger partial charge < -0.3 is 10.1 Å². The van der Waals surface area contributed by atoms with Gasteiger partial charge in [-0.1, -0.05) is 60.5 Å². The Hall–Kier alpha value is -2.48. The molecule has 0 saturated heterocycles. The van der Waals surface area contributed by atoms with Gasteiger partial charge in [0.25, 0.3) is 0 Å². The number of carbonyl (C=O) groups is 1. The second-order valence-corrected chi connectivity index (χ2v) is 9.93. The first kappa shape index (κ1) is 24.2. The minimum atomic E-state index is -3.81. The van der Waals surface area contributed by atoms with Crippen LogP contribution in [-0.2, 0) is 14.8 Å². The number of sulfonamides is 1. The highest BCUT2D eigenvalue weighted by Gasteiger charge is 2.32. The molecular weight excluding hydrogens is 471 g/mol. The summed E-state index contributed by atoms with van der Waals surface area (Å²) < 4.78 is 31.8. The SMILES string of the molecule is CC[C@@H](C(=O)NCCOc1ccc2ccccc2c1)N(c1cc(Cl)ccc1Cl)S(C)(=O)=O. The molecule has 0 aliphatic rings. The summed E-state index contributed by atoms with van der Waals surface area (Å²) >= 11 is 12.3. The van der Waals surface area contributed by atoms with Gasteiger partial charge >= 0.3 is 0 Å². The number of ether oxygens (including phenoxy) is 1. The molecule has 0 aliphatic carbocycles. The highest BCUT2D eigenvalue weighted by molar-refractivity contribution is 7.92. The van der Waals surface area contributed by atoms with Crippen LogP contribution in [-0.4, -0.2) is 39.8 Å². The fourth-order valence-corrected chi connectivity index (χ4v) is 5.05. The van der Waals surface area contributed by atoms with Crippen molar-refractivity contribution in [1.29, 1.82) is 0 Å². The molecule has 3 aromatic rings. The van der Waals surface area contributed by atoms with Gasteiger partial charge in [0, 0.05) is 5.02 Å². The van der Waals surface area contributed by atoms with Crippen LogP contribution in [0.5, 0.6) is 5.75 Å². The van der Waals surface area contributed by atoms with Crippen LogP contribution in [0.25, 0.3) is 10.8 Å². The van der Waals surface area contributed by atoms with Crippen LogP contribution in [0.2, 0.25) is 10.0 Å². The average molecular weight is 495 g/mol. The van der Waals surface area contributed by atoms with Crippen LogP contribution in [0.15, 0.2) is 60.7 Å². The van der Waals surface area contributed by atoms with E-state index in [9.17, 15) is 13.2 Å². The van der Waals surface area contributed by atoms with Gasteiger partial charge in [-0.15, -0.1) is 0 Å². The van der Waals surface area contributed by atoms with Gasteiger partial charge in [-0.25, -0.2) is 8.42 Å². The Bertz CT molecular complexity index is 1220. The number of nitrogens with one attached hydrogen (secondary N) is 1. The van der Waals surface area contributed by atoms with Gasteiger partial charge in [-0.2, -0.15) is 0 Å². The molecule has 6 nitrogen and oxygen atoms in total. The van der Waals surface area contributed by atoms with E-state index in [0.717, 1.165) is 21.3 Å². The number of anilines is 1. The summed E-state index contributed by atoms with van der Waals surface area (Å²) in [5.74, 6) is 0.240. The molecule has 0 saturated carbocycles. The molecule has 32 heavy (non-hydrogen) atoms. The van der Waals surface area contributed by atoms with Gasteiger partial charge in [0.2, 0.25) is 15.9 Å². The molecule has 0 unspecified atom stereocenters. The zero-order chi connectivity index (χ0) is 23.3. The first-order valence-electron chi connectivity index (χ1n) is 10.0. The van der Waals surface area contributed by atoms with Crippen molar-refractivity contribution in [3.05, 3.63) is 70.7 Å². The van der Waals surface area contributed by atoms with Gasteiger partial charge in [-0.3, -0.25) is 9.10 Å². The van der Waals surface area contributed by atoms with E-state index in [1.165, 1.54) is 12.1 Å². The lowest BCUT2D eigenvalue weighted by Gasteiger charge is -2.30. The number of amides is 1. The highest BCUT2D eigenvalue weighted by Crippen LogP contribution is 2.33. The molecule has 3 rings (SSSR count). The van der Waals surface area contributed by atoms with E-state index >= 15 is 0 Å². The number of halogens is 2. The molecule has 1 N–H and O–H groups in total. The summed E-state index contributed by atoms with van der Waals surface area (Å²) in [7, 11) is -3.81. The Labute approximate surface area is 198 Å². The van der Waals surface area contributed by atoms with E-state index in [-0.39, 0.29) is 30.3 Å². The van der Waals surface area contributed by atoms with E-state index < -0.39 is 22.0 Å². The monoisotopic (exact) mass is 494 g/mol. The molecule has 0 aliphatic heterocycles. The Morgan fingerprint density at radius 1 is 1.06 bits per heavy atom. The van der Waals surface area contributed by atoms with Crippen molar-refractivity contribution in [1.82, 2.24) is 5.32 Å². The minimum absolute atomic E-state index is 0.163. The van der Waals surface area contributed by atoms with E-state index in [2.05, 4.69) is 5.32 Å². The summed E-state index contributed by atoms with van der Waals surface area (Å²) in [5, 5.41) is 5.42. The van der Waals surface area contributed by atoms with Gasteiger partial charge in [0.1, 0.15) is 18.4 Å². The molecule has 3 aromatic carbocycles. The third kappa shape index (κ3) is 5.85. The Kier molecular flexibility index (Phi) is 7.87. The summed E-state index contributed by atoms with van der Waals surface area (Å²) in [4.78, 5) is 12.9. The lowest BCUT2D eigenvalue weighted by atomic mass is 10.1. The van der Waals surface area contributed by atoms with Gasteiger partial charge in [-0.05, 0) is 47.5 Å². The first-order chi connectivity index (χ1) is 15.2. The number of hydrogen-bond donors (Lipinski definition) is 1. The third-order valence-corrected chi connectivity index (χ3v) is 6.59. The summed E-state index contributed by atoms with van der Waals surface area (Å²) in [6.45, 7) is 2.17. The number of rotatable bonds is 9. The lowest BCUT2D eigenvalue weighted by molar-refractivity contribution is -0.122. The fraction of sp³-hybridized carbons (Fsp3) is 0.261. The van der Waals surface area contributed by atoms with Crippen LogP contribution in [0.1, 0.15) is 13.3 Å². The maximum Gasteiger partial charge on any atom is 0.244 e. The van der Waals surface area contributed by atoms with Crippen LogP contribution >= 0.6 is 23.2 Å². The smallest absolute Gasteiger partial charge is 0.244 e. The lowest BCUT2D eigenvalue weighted by Crippen LogP contribution is -2.50. The number of nitrogens with zero attached hydrogens (tertiary/aromatic N) is 1. The average Bonchev–Trinajstić information content (AvgIpc) is 2.75. The molecule has 0 aromatic heterocycles. The van der Waals surface area contributed by atoms with Crippen molar-refractivity contribution in [3.63, 3.8) is 0 Å². The predicted molar refractivity (Wildman–Crippen MR) is 130 cm³/mol. The third-order valence-electron chi connectivity index (χ3n) is 4.87. The first-order valence-corrected chi connectivity index (χ1v) is 12.6. The van der Waals surface area contributed by atoms with E-state index in [0.29, 0.717) is 10.8 Å². The maximum absolute atomic E-state index is 12.9. The number of benzene rings is 3. The quantitative estimate of drug-likeness (QED) is 0.429. The summed E-state index contributed by atoms with van der Waals surface area (Å²) in [6.07, 6.45) is 1.27. The largest absolute Gasteiger partial charge is 0.492 e. The van der Waals surface area contributed by atoms with Crippen LogP contribution < -0.4 is 14.4 Å². The highest BCUT2D eigenvalue weighted by atomic mass is 35.5. The molecule has 0 spiro atoms. The maximum atomic E-state index is 12.9. The minimum Gasteiger partial charge on any atom is -0.492 e. The molecule has 1 atom stereocenters. The molecule has 0 radical (unpaired) electrons. The molecule has 170 valence electrons. The Morgan fingerprint density at radius 3 is 2.47 bits per heavy atom. The van der Waals surface area contributed by atoms with Crippen molar-refractivity contribution < 1.29 is 17.9 Å². The Balaban J connectivity index is 1.67. The van der Waals surface area contributed by atoms with E-state index in [1.54, 1.807) is 13.0 Å². The normalized spacial score (nSPS) is 12.4. The van der Waals surface area contributed by atoms with Crippen molar-refractivity contribution in [3.8, 4) is 5.75 Å². The number of hydrogen-bond acceptors (Lipinski definition) is 4.